The summed E-state index contributed by atoms with van der Waals surface area (Å²) in [5.74, 6) is 0.216. The Morgan fingerprint density at radius 1 is 0.963 bits per heavy atom. The molecule has 0 aromatic heterocycles. The van der Waals surface area contributed by atoms with E-state index in [1.165, 1.54) is 33.0 Å². The van der Waals surface area contributed by atoms with Gasteiger partial charge in [-0.3, -0.25) is 14.4 Å². The van der Waals surface area contributed by atoms with Gasteiger partial charge in [0.05, 0.1) is 14.2 Å². The van der Waals surface area contributed by atoms with Crippen LogP contribution >= 0.6 is 0 Å². The zero-order chi connectivity index (χ0) is 20.0. The number of hydrogen-bond acceptors (Lipinski definition) is 5. The minimum atomic E-state index is -0.384. The summed E-state index contributed by atoms with van der Waals surface area (Å²) in [7, 11) is 3.03. The molecule has 0 atom stereocenters. The molecule has 0 unspecified atom stereocenters. The average Bonchev–Trinajstić information content (AvgIpc) is 2.65. The molecule has 142 valence electrons. The molecule has 1 N–H and O–H groups in total. The normalized spacial score (nSPS) is 10.1. The number of anilines is 2. The van der Waals surface area contributed by atoms with Gasteiger partial charge >= 0.3 is 0 Å². The van der Waals surface area contributed by atoms with E-state index in [1.54, 1.807) is 42.5 Å². The van der Waals surface area contributed by atoms with Crippen molar-refractivity contribution in [2.75, 3.05) is 31.0 Å². The third kappa shape index (κ3) is 5.07. The highest BCUT2D eigenvalue weighted by molar-refractivity contribution is 6.03. The molecular formula is C20H22N2O5. The second-order valence-electron chi connectivity index (χ2n) is 5.83. The molecule has 2 aromatic carbocycles. The molecule has 2 rings (SSSR count). The highest BCUT2D eigenvalue weighted by Gasteiger charge is 2.17. The molecule has 0 saturated carbocycles. The Bertz CT molecular complexity index is 863. The Balaban J connectivity index is 2.17. The third-order valence-electron chi connectivity index (χ3n) is 3.91. The first-order valence-corrected chi connectivity index (χ1v) is 8.26. The van der Waals surface area contributed by atoms with Gasteiger partial charge in [-0.2, -0.15) is 0 Å². The molecule has 0 fully saturated rings. The molecule has 7 heteroatoms. The lowest BCUT2D eigenvalue weighted by Gasteiger charge is -2.21. The van der Waals surface area contributed by atoms with Crippen LogP contribution in [-0.4, -0.2) is 38.4 Å². The fraction of sp³-hybridized carbons (Fsp3) is 0.250. The van der Waals surface area contributed by atoms with Gasteiger partial charge < -0.3 is 19.7 Å². The van der Waals surface area contributed by atoms with E-state index in [2.05, 4.69) is 5.32 Å². The first-order valence-electron chi connectivity index (χ1n) is 8.26. The standard InChI is InChI=1S/C20H22N2O5/c1-13(23)15-6-5-7-17(10-15)22(14(2)24)12-20(25)21-16-8-9-18(26-3)19(11-16)27-4/h5-11H,12H2,1-4H3,(H,21,25). The highest BCUT2D eigenvalue weighted by Crippen LogP contribution is 2.29. The van der Waals surface area contributed by atoms with Gasteiger partial charge in [0, 0.05) is 29.9 Å². The van der Waals surface area contributed by atoms with Crippen LogP contribution in [0.5, 0.6) is 11.5 Å². The van der Waals surface area contributed by atoms with Crippen molar-refractivity contribution in [3.05, 3.63) is 48.0 Å². The summed E-state index contributed by atoms with van der Waals surface area (Å²) in [5.41, 5.74) is 1.47. The number of nitrogens with one attached hydrogen (secondary N) is 1. The van der Waals surface area contributed by atoms with Crippen molar-refractivity contribution in [3.63, 3.8) is 0 Å². The van der Waals surface area contributed by atoms with Crippen molar-refractivity contribution in [1.29, 1.82) is 0 Å². The van der Waals surface area contributed by atoms with Crippen molar-refractivity contribution in [2.45, 2.75) is 13.8 Å². The fourth-order valence-corrected chi connectivity index (χ4v) is 2.54. The number of ether oxygens (including phenoxy) is 2. The van der Waals surface area contributed by atoms with Gasteiger partial charge in [0.2, 0.25) is 11.8 Å². The summed E-state index contributed by atoms with van der Waals surface area (Å²) in [4.78, 5) is 37.3. The summed E-state index contributed by atoms with van der Waals surface area (Å²) < 4.78 is 10.4. The van der Waals surface area contributed by atoms with Gasteiger partial charge in [0.25, 0.3) is 0 Å². The van der Waals surface area contributed by atoms with Crippen molar-refractivity contribution >= 4 is 29.0 Å². The largest absolute Gasteiger partial charge is 0.493 e. The molecule has 7 nitrogen and oxygen atoms in total. The van der Waals surface area contributed by atoms with Crippen molar-refractivity contribution < 1.29 is 23.9 Å². The fourth-order valence-electron chi connectivity index (χ4n) is 2.54. The van der Waals surface area contributed by atoms with Crippen LogP contribution in [0.1, 0.15) is 24.2 Å². The van der Waals surface area contributed by atoms with Gasteiger partial charge in [0.15, 0.2) is 17.3 Å². The maximum absolute atomic E-state index is 12.4. The first kappa shape index (κ1) is 20.0. The van der Waals surface area contributed by atoms with E-state index >= 15 is 0 Å². The summed E-state index contributed by atoms with van der Waals surface area (Å²) >= 11 is 0. The van der Waals surface area contributed by atoms with Gasteiger partial charge in [-0.1, -0.05) is 12.1 Å². The number of rotatable bonds is 7. The maximum atomic E-state index is 12.4. The van der Waals surface area contributed by atoms with E-state index in [-0.39, 0.29) is 24.1 Å². The second kappa shape index (κ2) is 8.84. The SMILES string of the molecule is COc1ccc(NC(=O)CN(C(C)=O)c2cccc(C(C)=O)c2)cc1OC. The number of nitrogens with zero attached hydrogens (tertiary/aromatic N) is 1. The summed E-state index contributed by atoms with van der Waals surface area (Å²) in [6.45, 7) is 2.62. The number of carbonyl (C=O) groups is 3. The van der Waals surface area contributed by atoms with Crippen LogP contribution in [0.4, 0.5) is 11.4 Å². The van der Waals surface area contributed by atoms with Gasteiger partial charge in [0.1, 0.15) is 6.54 Å². The highest BCUT2D eigenvalue weighted by atomic mass is 16.5. The van der Waals surface area contributed by atoms with E-state index < -0.39 is 0 Å². The summed E-state index contributed by atoms with van der Waals surface area (Å²) in [5, 5.41) is 2.73. The van der Waals surface area contributed by atoms with Crippen LogP contribution in [0.2, 0.25) is 0 Å². The monoisotopic (exact) mass is 370 g/mol. The predicted molar refractivity (Wildman–Crippen MR) is 103 cm³/mol. The number of hydrogen-bond donors (Lipinski definition) is 1. The summed E-state index contributed by atoms with van der Waals surface area (Å²) in [6, 6.07) is 11.6. The van der Waals surface area contributed by atoms with Gasteiger partial charge in [-0.05, 0) is 31.2 Å². The zero-order valence-corrected chi connectivity index (χ0v) is 15.7. The molecule has 0 bridgehead atoms. The average molecular weight is 370 g/mol. The Morgan fingerprint density at radius 3 is 2.26 bits per heavy atom. The van der Waals surface area contributed by atoms with E-state index in [4.69, 9.17) is 9.47 Å². The quantitative estimate of drug-likeness (QED) is 0.758. The van der Waals surface area contributed by atoms with Crippen molar-refractivity contribution in [2.24, 2.45) is 0 Å². The van der Waals surface area contributed by atoms with E-state index in [0.717, 1.165) is 0 Å². The van der Waals surface area contributed by atoms with Crippen molar-refractivity contribution in [3.8, 4) is 11.5 Å². The smallest absolute Gasteiger partial charge is 0.244 e. The van der Waals surface area contributed by atoms with Crippen LogP contribution in [0, 0.1) is 0 Å². The Hall–Kier alpha value is -3.35. The third-order valence-corrected chi connectivity index (χ3v) is 3.91. The number of ketones is 1. The topological polar surface area (TPSA) is 84.9 Å². The van der Waals surface area contributed by atoms with Gasteiger partial charge in [-0.15, -0.1) is 0 Å². The number of carbonyl (C=O) groups excluding carboxylic acids is 3. The van der Waals surface area contributed by atoms with Crippen molar-refractivity contribution in [1.82, 2.24) is 0 Å². The molecule has 2 amide bonds. The summed E-state index contributed by atoms with van der Waals surface area (Å²) in [6.07, 6.45) is 0. The van der Waals surface area contributed by atoms with E-state index in [1.807, 2.05) is 0 Å². The molecule has 0 aliphatic rings. The first-order chi connectivity index (χ1) is 12.8. The number of benzene rings is 2. The van der Waals surface area contributed by atoms with Gasteiger partial charge in [-0.25, -0.2) is 0 Å². The van der Waals surface area contributed by atoms with Crippen LogP contribution in [0.25, 0.3) is 0 Å². The molecule has 0 saturated heterocycles. The lowest BCUT2D eigenvalue weighted by Crippen LogP contribution is -2.36. The lowest BCUT2D eigenvalue weighted by atomic mass is 10.1. The minimum Gasteiger partial charge on any atom is -0.493 e. The van der Waals surface area contributed by atoms with E-state index in [9.17, 15) is 14.4 Å². The number of amides is 2. The Kier molecular flexibility index (Phi) is 6.54. The molecule has 0 aliphatic carbocycles. The number of methoxy groups -OCH3 is 2. The molecule has 27 heavy (non-hydrogen) atoms. The Morgan fingerprint density at radius 2 is 1.67 bits per heavy atom. The molecule has 0 heterocycles. The van der Waals surface area contributed by atoms with E-state index in [0.29, 0.717) is 28.4 Å². The van der Waals surface area contributed by atoms with Crippen LogP contribution in [-0.2, 0) is 9.59 Å². The molecule has 0 radical (unpaired) electrons. The second-order valence-corrected chi connectivity index (χ2v) is 5.83. The maximum Gasteiger partial charge on any atom is 0.244 e. The van der Waals surface area contributed by atoms with Crippen LogP contribution < -0.4 is 19.7 Å². The predicted octanol–water partition coefficient (Wildman–Crippen LogP) is 2.90. The molecule has 0 aliphatic heterocycles. The Labute approximate surface area is 157 Å². The minimum absolute atomic E-state index is 0.116. The number of Topliss-reactive ketones (excluding diaryl/α,β-unsaturated/α-hetero) is 1. The van der Waals surface area contributed by atoms with Crippen LogP contribution in [0.15, 0.2) is 42.5 Å². The molecule has 2 aromatic rings. The zero-order valence-electron chi connectivity index (χ0n) is 15.7. The molecule has 0 spiro atoms. The van der Waals surface area contributed by atoms with Crippen LogP contribution in [0.3, 0.4) is 0 Å². The molecular weight excluding hydrogens is 348 g/mol. The lowest BCUT2D eigenvalue weighted by molar-refractivity contribution is -0.120.